The molecule has 1 saturated heterocycles. The number of nitrogens with zero attached hydrogens (tertiary/aromatic N) is 3. The van der Waals surface area contributed by atoms with Gasteiger partial charge in [0.1, 0.15) is 0 Å². The predicted octanol–water partition coefficient (Wildman–Crippen LogP) is 1.23. The Morgan fingerprint density at radius 1 is 1.40 bits per heavy atom. The second-order valence-corrected chi connectivity index (χ2v) is 6.75. The Balaban J connectivity index is 1.40. The van der Waals surface area contributed by atoms with Crippen LogP contribution in [0.15, 0.2) is 42.7 Å². The van der Waals surface area contributed by atoms with Crippen molar-refractivity contribution >= 4 is 5.91 Å². The first-order chi connectivity index (χ1) is 12.1. The molecule has 0 radical (unpaired) electrons. The van der Waals surface area contributed by atoms with Gasteiger partial charge in [-0.1, -0.05) is 18.2 Å². The molecule has 0 aliphatic carbocycles. The molecular weight excluding hydrogens is 316 g/mol. The molecular formula is C19H26N4O2. The van der Waals surface area contributed by atoms with Crippen molar-refractivity contribution in [3.05, 3.63) is 48.3 Å². The second-order valence-electron chi connectivity index (χ2n) is 6.75. The largest absolute Gasteiger partial charge is 0.393 e. The number of aliphatic hydroxyl groups excluding tert-OH is 1. The molecule has 2 heterocycles. The van der Waals surface area contributed by atoms with Gasteiger partial charge in [-0.15, -0.1) is 0 Å². The zero-order valence-corrected chi connectivity index (χ0v) is 14.6. The van der Waals surface area contributed by atoms with Gasteiger partial charge >= 0.3 is 0 Å². The summed E-state index contributed by atoms with van der Waals surface area (Å²) < 4.78 is 1.84. The van der Waals surface area contributed by atoms with Crippen LogP contribution in [0.5, 0.6) is 0 Å². The van der Waals surface area contributed by atoms with Crippen molar-refractivity contribution in [2.45, 2.75) is 25.9 Å². The molecule has 0 saturated carbocycles. The number of rotatable bonds is 7. The Morgan fingerprint density at radius 3 is 2.92 bits per heavy atom. The van der Waals surface area contributed by atoms with E-state index < -0.39 is 0 Å². The van der Waals surface area contributed by atoms with E-state index in [4.69, 9.17) is 0 Å². The van der Waals surface area contributed by atoms with Gasteiger partial charge < -0.3 is 10.4 Å². The summed E-state index contributed by atoms with van der Waals surface area (Å²) in [5, 5.41) is 17.0. The van der Waals surface area contributed by atoms with Crippen LogP contribution in [0.1, 0.15) is 18.9 Å². The van der Waals surface area contributed by atoms with Gasteiger partial charge in [-0.2, -0.15) is 5.10 Å². The van der Waals surface area contributed by atoms with Crippen molar-refractivity contribution in [2.24, 2.45) is 5.92 Å². The molecule has 2 aromatic rings. The maximum Gasteiger partial charge on any atom is 0.234 e. The minimum absolute atomic E-state index is 0.0432. The van der Waals surface area contributed by atoms with Crippen molar-refractivity contribution < 1.29 is 9.90 Å². The van der Waals surface area contributed by atoms with Crippen LogP contribution >= 0.6 is 0 Å². The maximum atomic E-state index is 12.1. The van der Waals surface area contributed by atoms with Crippen molar-refractivity contribution in [3.8, 4) is 5.69 Å². The molecule has 3 rings (SSSR count). The van der Waals surface area contributed by atoms with E-state index in [9.17, 15) is 9.90 Å². The highest BCUT2D eigenvalue weighted by molar-refractivity contribution is 5.78. The van der Waals surface area contributed by atoms with Crippen LogP contribution in [0.4, 0.5) is 0 Å². The van der Waals surface area contributed by atoms with E-state index in [0.29, 0.717) is 13.1 Å². The van der Waals surface area contributed by atoms with E-state index in [0.717, 1.165) is 37.2 Å². The van der Waals surface area contributed by atoms with Gasteiger partial charge in [-0.05, 0) is 49.9 Å². The molecule has 6 nitrogen and oxygen atoms in total. The highest BCUT2D eigenvalue weighted by Crippen LogP contribution is 2.18. The Bertz CT molecular complexity index is 684. The average Bonchev–Trinajstić information content (AvgIpc) is 3.25. The summed E-state index contributed by atoms with van der Waals surface area (Å²) in [6.45, 7) is 4.52. The normalized spacial score (nSPS) is 19.0. The van der Waals surface area contributed by atoms with E-state index in [-0.39, 0.29) is 17.9 Å². The highest BCUT2D eigenvalue weighted by atomic mass is 16.3. The van der Waals surface area contributed by atoms with Crippen LogP contribution in [0.25, 0.3) is 5.69 Å². The lowest BCUT2D eigenvalue weighted by atomic mass is 10.0. The number of nitrogens with one attached hydrogen (secondary N) is 1. The Hall–Kier alpha value is -2.18. The highest BCUT2D eigenvalue weighted by Gasteiger charge is 2.26. The summed E-state index contributed by atoms with van der Waals surface area (Å²) in [5.41, 5.74) is 2.12. The molecule has 1 aromatic heterocycles. The van der Waals surface area contributed by atoms with Crippen LogP contribution in [0, 0.1) is 5.92 Å². The summed E-state index contributed by atoms with van der Waals surface area (Å²) in [6.07, 6.45) is 5.26. The van der Waals surface area contributed by atoms with E-state index in [1.807, 2.05) is 54.3 Å². The number of benzene rings is 1. The molecule has 0 spiro atoms. The summed E-state index contributed by atoms with van der Waals surface area (Å²) in [5.74, 6) is 0.332. The average molecular weight is 342 g/mol. The topological polar surface area (TPSA) is 70.4 Å². The van der Waals surface area contributed by atoms with Crippen molar-refractivity contribution in [3.63, 3.8) is 0 Å². The fourth-order valence-electron chi connectivity index (χ4n) is 3.22. The standard InChI is InChI=1S/C19H26N4O2/c1-15(24)17-8-10-22(13-17)14-19(25)20-9-7-16-11-21-23(12-16)18-5-3-2-4-6-18/h2-6,11-12,15,17,24H,7-10,13-14H2,1H3,(H,20,25). The molecule has 1 aromatic carbocycles. The fourth-order valence-corrected chi connectivity index (χ4v) is 3.22. The molecule has 0 bridgehead atoms. The minimum atomic E-state index is -0.297. The van der Waals surface area contributed by atoms with Gasteiger partial charge in [0.25, 0.3) is 0 Å². The van der Waals surface area contributed by atoms with Gasteiger partial charge in [0.15, 0.2) is 0 Å². The summed E-state index contributed by atoms with van der Waals surface area (Å²) >= 11 is 0. The lowest BCUT2D eigenvalue weighted by Crippen LogP contribution is -2.37. The third kappa shape index (κ3) is 4.90. The monoisotopic (exact) mass is 342 g/mol. The van der Waals surface area contributed by atoms with Crippen LogP contribution in [0.3, 0.4) is 0 Å². The van der Waals surface area contributed by atoms with E-state index in [1.54, 1.807) is 0 Å². The molecule has 2 N–H and O–H groups in total. The van der Waals surface area contributed by atoms with Crippen molar-refractivity contribution in [1.82, 2.24) is 20.0 Å². The van der Waals surface area contributed by atoms with E-state index in [1.165, 1.54) is 0 Å². The van der Waals surface area contributed by atoms with Gasteiger partial charge in [0, 0.05) is 19.3 Å². The molecule has 134 valence electrons. The number of carbonyl (C=O) groups is 1. The number of hydrogen-bond acceptors (Lipinski definition) is 4. The number of para-hydroxylation sites is 1. The first-order valence-electron chi connectivity index (χ1n) is 8.88. The molecule has 1 amide bonds. The summed E-state index contributed by atoms with van der Waals surface area (Å²) in [7, 11) is 0. The zero-order chi connectivity index (χ0) is 17.6. The Morgan fingerprint density at radius 2 is 2.20 bits per heavy atom. The maximum absolute atomic E-state index is 12.1. The van der Waals surface area contributed by atoms with E-state index >= 15 is 0 Å². The molecule has 25 heavy (non-hydrogen) atoms. The number of aromatic nitrogens is 2. The number of amides is 1. The van der Waals surface area contributed by atoms with Crippen LogP contribution in [-0.2, 0) is 11.2 Å². The van der Waals surface area contributed by atoms with Crippen LogP contribution in [-0.4, -0.2) is 58.0 Å². The van der Waals surface area contributed by atoms with Crippen LogP contribution in [0.2, 0.25) is 0 Å². The van der Waals surface area contributed by atoms with Gasteiger partial charge in [0.2, 0.25) is 5.91 Å². The molecule has 2 atom stereocenters. The van der Waals surface area contributed by atoms with Crippen LogP contribution < -0.4 is 5.32 Å². The Kier molecular flexibility index (Phi) is 5.83. The number of likely N-dealkylation sites (tertiary alicyclic amines) is 1. The molecule has 1 aliphatic heterocycles. The zero-order valence-electron chi connectivity index (χ0n) is 14.6. The first kappa shape index (κ1) is 17.6. The van der Waals surface area contributed by atoms with Crippen molar-refractivity contribution in [2.75, 3.05) is 26.2 Å². The SMILES string of the molecule is CC(O)C1CCN(CC(=O)NCCc2cnn(-c3ccccc3)c2)C1. The fraction of sp³-hybridized carbons (Fsp3) is 0.474. The second kappa shape index (κ2) is 8.27. The number of aliphatic hydroxyl groups is 1. The van der Waals surface area contributed by atoms with Gasteiger partial charge in [-0.25, -0.2) is 4.68 Å². The first-order valence-corrected chi connectivity index (χ1v) is 8.88. The quantitative estimate of drug-likeness (QED) is 0.794. The van der Waals surface area contributed by atoms with E-state index in [2.05, 4.69) is 15.3 Å². The molecule has 2 unspecified atom stereocenters. The summed E-state index contributed by atoms with van der Waals surface area (Å²) in [6, 6.07) is 9.96. The molecule has 6 heteroatoms. The molecule has 1 aliphatic rings. The molecule has 1 fully saturated rings. The third-order valence-corrected chi connectivity index (χ3v) is 4.75. The Labute approximate surface area is 148 Å². The third-order valence-electron chi connectivity index (χ3n) is 4.75. The minimum Gasteiger partial charge on any atom is -0.393 e. The lowest BCUT2D eigenvalue weighted by molar-refractivity contribution is -0.122. The van der Waals surface area contributed by atoms with Gasteiger partial charge in [0.05, 0.1) is 24.5 Å². The lowest BCUT2D eigenvalue weighted by Gasteiger charge is -2.16. The smallest absolute Gasteiger partial charge is 0.234 e. The predicted molar refractivity (Wildman–Crippen MR) is 96.5 cm³/mol. The van der Waals surface area contributed by atoms with Crippen molar-refractivity contribution in [1.29, 1.82) is 0 Å². The number of carbonyl (C=O) groups excluding carboxylic acids is 1. The van der Waals surface area contributed by atoms with Gasteiger partial charge in [-0.3, -0.25) is 9.69 Å². The summed E-state index contributed by atoms with van der Waals surface area (Å²) in [4.78, 5) is 14.2. The number of hydrogen-bond donors (Lipinski definition) is 2.